The summed E-state index contributed by atoms with van der Waals surface area (Å²) in [5.41, 5.74) is -0.236. The SMILES string of the molecule is C=NC(=NC)c1c(F)cccc1F. The number of amidine groups is 1. The first kappa shape index (κ1) is 9.51. The lowest BCUT2D eigenvalue weighted by molar-refractivity contribution is 0.578. The van der Waals surface area contributed by atoms with Crippen molar-refractivity contribution >= 4 is 12.6 Å². The zero-order valence-corrected chi connectivity index (χ0v) is 7.09. The molecule has 13 heavy (non-hydrogen) atoms. The zero-order valence-electron chi connectivity index (χ0n) is 7.09. The van der Waals surface area contributed by atoms with Crippen LogP contribution in [0.1, 0.15) is 5.56 Å². The van der Waals surface area contributed by atoms with Crippen LogP contribution in [0.2, 0.25) is 0 Å². The fraction of sp³-hybridized carbons (Fsp3) is 0.111. The van der Waals surface area contributed by atoms with Crippen LogP contribution in [0.15, 0.2) is 28.2 Å². The topological polar surface area (TPSA) is 24.7 Å². The molecule has 0 saturated heterocycles. The van der Waals surface area contributed by atoms with E-state index in [-0.39, 0.29) is 11.4 Å². The van der Waals surface area contributed by atoms with Crippen molar-refractivity contribution in [3.8, 4) is 0 Å². The highest BCUT2D eigenvalue weighted by atomic mass is 19.1. The molecule has 0 unspecified atom stereocenters. The number of benzene rings is 1. The Bertz CT molecular complexity index is 338. The predicted octanol–water partition coefficient (Wildman–Crippen LogP) is 2.04. The van der Waals surface area contributed by atoms with Gasteiger partial charge < -0.3 is 0 Å². The monoisotopic (exact) mass is 182 g/mol. The van der Waals surface area contributed by atoms with Gasteiger partial charge in [-0.2, -0.15) is 0 Å². The van der Waals surface area contributed by atoms with Crippen LogP contribution in [-0.4, -0.2) is 19.6 Å². The van der Waals surface area contributed by atoms with Gasteiger partial charge in [-0.3, -0.25) is 4.99 Å². The first-order valence-electron chi connectivity index (χ1n) is 3.58. The quantitative estimate of drug-likeness (QED) is 0.469. The van der Waals surface area contributed by atoms with Gasteiger partial charge in [0.1, 0.15) is 11.6 Å². The summed E-state index contributed by atoms with van der Waals surface area (Å²) in [6, 6.07) is 3.58. The highest BCUT2D eigenvalue weighted by Gasteiger charge is 2.12. The van der Waals surface area contributed by atoms with Crippen molar-refractivity contribution in [3.63, 3.8) is 0 Å². The Kier molecular flexibility index (Phi) is 2.84. The van der Waals surface area contributed by atoms with E-state index in [1.807, 2.05) is 0 Å². The highest BCUT2D eigenvalue weighted by Crippen LogP contribution is 2.13. The summed E-state index contributed by atoms with van der Waals surface area (Å²) in [5, 5.41) is 0. The molecule has 68 valence electrons. The minimum atomic E-state index is -0.687. The van der Waals surface area contributed by atoms with Gasteiger partial charge in [0.25, 0.3) is 0 Å². The van der Waals surface area contributed by atoms with Gasteiger partial charge in [-0.05, 0) is 18.9 Å². The van der Waals surface area contributed by atoms with Gasteiger partial charge in [-0.15, -0.1) is 0 Å². The fourth-order valence-electron chi connectivity index (χ4n) is 0.973. The second kappa shape index (κ2) is 3.89. The number of nitrogens with zero attached hydrogens (tertiary/aromatic N) is 2. The molecular weight excluding hydrogens is 174 g/mol. The molecule has 0 aromatic heterocycles. The van der Waals surface area contributed by atoms with Crippen LogP contribution in [0.5, 0.6) is 0 Å². The van der Waals surface area contributed by atoms with Crippen molar-refractivity contribution in [2.24, 2.45) is 9.98 Å². The average Bonchev–Trinajstić information content (AvgIpc) is 2.11. The number of hydrogen-bond acceptors (Lipinski definition) is 1. The summed E-state index contributed by atoms with van der Waals surface area (Å²) >= 11 is 0. The van der Waals surface area contributed by atoms with Crippen molar-refractivity contribution < 1.29 is 8.78 Å². The second-order valence-electron chi connectivity index (χ2n) is 2.30. The zero-order chi connectivity index (χ0) is 9.84. The van der Waals surface area contributed by atoms with Gasteiger partial charge in [-0.1, -0.05) is 6.07 Å². The van der Waals surface area contributed by atoms with E-state index in [2.05, 4.69) is 16.7 Å². The molecule has 0 N–H and O–H groups in total. The molecule has 0 bridgehead atoms. The molecule has 1 aromatic rings. The van der Waals surface area contributed by atoms with Gasteiger partial charge in [0.15, 0.2) is 5.84 Å². The van der Waals surface area contributed by atoms with E-state index in [0.29, 0.717) is 0 Å². The third-order valence-corrected chi connectivity index (χ3v) is 1.55. The van der Waals surface area contributed by atoms with Crippen LogP contribution in [0.3, 0.4) is 0 Å². The maximum atomic E-state index is 13.1. The van der Waals surface area contributed by atoms with E-state index in [0.717, 1.165) is 12.1 Å². The summed E-state index contributed by atoms with van der Waals surface area (Å²) in [7, 11) is 1.40. The molecule has 0 spiro atoms. The van der Waals surface area contributed by atoms with Crippen molar-refractivity contribution in [1.29, 1.82) is 0 Å². The summed E-state index contributed by atoms with van der Waals surface area (Å²) in [5.74, 6) is -1.41. The van der Waals surface area contributed by atoms with Gasteiger partial charge in [-0.25, -0.2) is 13.8 Å². The van der Waals surface area contributed by atoms with E-state index in [1.165, 1.54) is 13.1 Å². The maximum absolute atomic E-state index is 13.1. The first-order chi connectivity index (χ1) is 6.20. The van der Waals surface area contributed by atoms with E-state index in [9.17, 15) is 8.78 Å². The molecular formula is C9H8F2N2. The first-order valence-corrected chi connectivity index (χ1v) is 3.58. The number of halogens is 2. The summed E-state index contributed by atoms with van der Waals surface area (Å²) in [6.07, 6.45) is 0. The molecule has 0 amide bonds. The summed E-state index contributed by atoms with van der Waals surface area (Å²) < 4.78 is 26.1. The molecule has 0 aliphatic carbocycles. The molecule has 2 nitrogen and oxygen atoms in total. The molecule has 1 aromatic carbocycles. The lowest BCUT2D eigenvalue weighted by Gasteiger charge is -2.02. The third-order valence-electron chi connectivity index (χ3n) is 1.55. The van der Waals surface area contributed by atoms with Gasteiger partial charge in [0, 0.05) is 7.05 Å². The van der Waals surface area contributed by atoms with E-state index >= 15 is 0 Å². The van der Waals surface area contributed by atoms with Crippen LogP contribution < -0.4 is 0 Å². The number of rotatable bonds is 1. The van der Waals surface area contributed by atoms with Crippen LogP contribution in [0.25, 0.3) is 0 Å². The Morgan fingerprint density at radius 1 is 1.31 bits per heavy atom. The van der Waals surface area contributed by atoms with Gasteiger partial charge >= 0.3 is 0 Å². The Hall–Kier alpha value is -1.58. The van der Waals surface area contributed by atoms with Crippen molar-refractivity contribution in [2.45, 2.75) is 0 Å². The smallest absolute Gasteiger partial charge is 0.159 e. The molecule has 0 saturated carbocycles. The predicted molar refractivity (Wildman–Crippen MR) is 48.4 cm³/mol. The second-order valence-corrected chi connectivity index (χ2v) is 2.30. The molecule has 0 heterocycles. The minimum absolute atomic E-state index is 0.0319. The maximum Gasteiger partial charge on any atom is 0.159 e. The molecule has 1 rings (SSSR count). The highest BCUT2D eigenvalue weighted by molar-refractivity contribution is 6.01. The fourth-order valence-corrected chi connectivity index (χ4v) is 0.973. The molecule has 0 aliphatic rings. The Morgan fingerprint density at radius 2 is 1.85 bits per heavy atom. The lowest BCUT2D eigenvalue weighted by Crippen LogP contribution is -2.03. The lowest BCUT2D eigenvalue weighted by atomic mass is 10.2. The number of hydrogen-bond donors (Lipinski definition) is 0. The molecule has 0 fully saturated rings. The van der Waals surface area contributed by atoms with Crippen LogP contribution in [-0.2, 0) is 0 Å². The summed E-state index contributed by atoms with van der Waals surface area (Å²) in [6.45, 7) is 3.18. The molecule has 4 heteroatoms. The number of aliphatic imine (C=N–C) groups is 2. The average molecular weight is 182 g/mol. The Balaban J connectivity index is 3.35. The normalized spacial score (nSPS) is 11.5. The van der Waals surface area contributed by atoms with Crippen LogP contribution in [0.4, 0.5) is 8.78 Å². The van der Waals surface area contributed by atoms with E-state index < -0.39 is 11.6 Å². The molecule has 0 radical (unpaired) electrons. The Morgan fingerprint density at radius 3 is 2.23 bits per heavy atom. The van der Waals surface area contributed by atoms with Crippen molar-refractivity contribution in [3.05, 3.63) is 35.4 Å². The van der Waals surface area contributed by atoms with E-state index in [1.54, 1.807) is 0 Å². The molecule has 0 atom stereocenters. The standard InChI is InChI=1S/C9H8F2N2/c1-12-9(13-2)8-6(10)4-3-5-7(8)11/h3-5H,1H2,2H3. The molecule has 0 aliphatic heterocycles. The largest absolute Gasteiger partial charge is 0.269 e. The minimum Gasteiger partial charge on any atom is -0.269 e. The summed E-state index contributed by atoms with van der Waals surface area (Å²) in [4.78, 5) is 7.02. The Labute approximate surface area is 74.6 Å². The van der Waals surface area contributed by atoms with Gasteiger partial charge in [0.2, 0.25) is 0 Å². The van der Waals surface area contributed by atoms with Crippen LogP contribution >= 0.6 is 0 Å². The van der Waals surface area contributed by atoms with Crippen molar-refractivity contribution in [2.75, 3.05) is 7.05 Å². The van der Waals surface area contributed by atoms with E-state index in [4.69, 9.17) is 0 Å². The van der Waals surface area contributed by atoms with Gasteiger partial charge in [0.05, 0.1) is 5.56 Å². The van der Waals surface area contributed by atoms with Crippen LogP contribution in [0, 0.1) is 11.6 Å². The van der Waals surface area contributed by atoms with Crippen molar-refractivity contribution in [1.82, 2.24) is 0 Å². The third kappa shape index (κ3) is 1.77.